The van der Waals surface area contributed by atoms with Crippen molar-refractivity contribution in [1.82, 2.24) is 0 Å². The van der Waals surface area contributed by atoms with Crippen LogP contribution in [-0.2, 0) is 9.47 Å². The lowest BCUT2D eigenvalue weighted by molar-refractivity contribution is -0.0770. The van der Waals surface area contributed by atoms with Crippen LogP contribution in [0.1, 0.15) is 41.5 Å². The van der Waals surface area contributed by atoms with Crippen molar-refractivity contribution in [2.24, 2.45) is 5.41 Å². The van der Waals surface area contributed by atoms with Crippen LogP contribution in [0.15, 0.2) is 0 Å². The number of hydrogen-bond donors (Lipinski definition) is 1. The molecule has 0 fully saturated rings. The topological polar surface area (TPSA) is 38.7 Å². The summed E-state index contributed by atoms with van der Waals surface area (Å²) in [5, 5.41) is 9.46. The summed E-state index contributed by atoms with van der Waals surface area (Å²) >= 11 is 0. The third kappa shape index (κ3) is 11.8. The van der Waals surface area contributed by atoms with E-state index in [4.69, 9.17) is 9.47 Å². The molecule has 1 atom stereocenters. The molecule has 0 radical (unpaired) electrons. The van der Waals surface area contributed by atoms with Crippen molar-refractivity contribution in [2.75, 3.05) is 19.8 Å². The van der Waals surface area contributed by atoms with E-state index in [1.54, 1.807) is 13.8 Å². The number of aliphatic hydroxyl groups is 1. The lowest BCUT2D eigenvalue weighted by atomic mass is 9.99. The van der Waals surface area contributed by atoms with Crippen molar-refractivity contribution in [1.29, 1.82) is 0 Å². The van der Waals surface area contributed by atoms with E-state index in [0.29, 0.717) is 13.2 Å². The van der Waals surface area contributed by atoms with Crippen molar-refractivity contribution in [3.8, 4) is 0 Å². The highest BCUT2D eigenvalue weighted by molar-refractivity contribution is 4.64. The molecule has 0 aliphatic carbocycles. The molecular formula is C12H26O3. The zero-order chi connectivity index (χ0) is 12.1. The third-order valence-corrected chi connectivity index (χ3v) is 1.61. The second kappa shape index (κ2) is 5.83. The molecule has 0 saturated heterocycles. The van der Waals surface area contributed by atoms with E-state index < -0.39 is 5.60 Å². The Hall–Kier alpha value is -0.120. The van der Waals surface area contributed by atoms with Crippen LogP contribution in [-0.4, -0.2) is 36.6 Å². The van der Waals surface area contributed by atoms with E-state index >= 15 is 0 Å². The van der Waals surface area contributed by atoms with E-state index in [2.05, 4.69) is 20.8 Å². The van der Waals surface area contributed by atoms with Gasteiger partial charge in [0.05, 0.1) is 31.5 Å². The predicted octanol–water partition coefficient (Wildman–Crippen LogP) is 2.23. The van der Waals surface area contributed by atoms with Gasteiger partial charge < -0.3 is 14.6 Å². The first kappa shape index (κ1) is 14.9. The molecule has 0 amide bonds. The fraction of sp³-hybridized carbons (Fsp3) is 1.00. The Morgan fingerprint density at radius 3 is 2.00 bits per heavy atom. The third-order valence-electron chi connectivity index (χ3n) is 1.61. The van der Waals surface area contributed by atoms with Crippen molar-refractivity contribution >= 4 is 0 Å². The SMILES string of the molecule is CC(COCC(C)(C)C)OCC(C)(C)O. The summed E-state index contributed by atoms with van der Waals surface area (Å²) in [5.41, 5.74) is -0.575. The van der Waals surface area contributed by atoms with Gasteiger partial charge in [0.15, 0.2) is 0 Å². The normalized spacial score (nSPS) is 15.4. The quantitative estimate of drug-likeness (QED) is 0.743. The summed E-state index contributed by atoms with van der Waals surface area (Å²) in [4.78, 5) is 0. The van der Waals surface area contributed by atoms with Gasteiger partial charge in [-0.15, -0.1) is 0 Å². The minimum absolute atomic E-state index is 0.0266. The fourth-order valence-electron chi connectivity index (χ4n) is 0.925. The van der Waals surface area contributed by atoms with Crippen LogP contribution in [0, 0.1) is 5.41 Å². The number of ether oxygens (including phenoxy) is 2. The molecule has 0 aromatic heterocycles. The summed E-state index contributed by atoms with van der Waals surface area (Å²) < 4.78 is 11.0. The minimum atomic E-state index is -0.766. The molecular weight excluding hydrogens is 192 g/mol. The smallest absolute Gasteiger partial charge is 0.0824 e. The van der Waals surface area contributed by atoms with Crippen LogP contribution < -0.4 is 0 Å². The molecule has 0 aromatic rings. The van der Waals surface area contributed by atoms with Crippen molar-refractivity contribution in [2.45, 2.75) is 53.2 Å². The van der Waals surface area contributed by atoms with Crippen LogP contribution in [0.5, 0.6) is 0 Å². The highest BCUT2D eigenvalue weighted by atomic mass is 16.5. The second-order valence-electron chi connectivity index (χ2n) is 6.01. The Bertz CT molecular complexity index is 165. The summed E-state index contributed by atoms with van der Waals surface area (Å²) in [6.07, 6.45) is 0.0266. The highest BCUT2D eigenvalue weighted by Crippen LogP contribution is 2.13. The molecule has 0 aromatic carbocycles. The maximum Gasteiger partial charge on any atom is 0.0824 e. The van der Waals surface area contributed by atoms with Gasteiger partial charge in [0.2, 0.25) is 0 Å². The number of rotatable bonds is 6. The number of hydrogen-bond acceptors (Lipinski definition) is 3. The molecule has 0 spiro atoms. The monoisotopic (exact) mass is 218 g/mol. The molecule has 0 aliphatic heterocycles. The van der Waals surface area contributed by atoms with Crippen LogP contribution in [0.2, 0.25) is 0 Å². The van der Waals surface area contributed by atoms with E-state index in [9.17, 15) is 5.11 Å². The zero-order valence-corrected chi connectivity index (χ0v) is 11.0. The van der Waals surface area contributed by atoms with Gasteiger partial charge in [-0.3, -0.25) is 0 Å². The maximum absolute atomic E-state index is 9.46. The molecule has 3 heteroatoms. The Balaban J connectivity index is 3.54. The lowest BCUT2D eigenvalue weighted by Crippen LogP contribution is -2.30. The molecule has 1 unspecified atom stereocenters. The molecule has 0 rings (SSSR count). The van der Waals surface area contributed by atoms with Crippen LogP contribution in [0.25, 0.3) is 0 Å². The summed E-state index contributed by atoms with van der Waals surface area (Å²) in [5.74, 6) is 0. The van der Waals surface area contributed by atoms with Crippen LogP contribution in [0.4, 0.5) is 0 Å². The standard InChI is InChI=1S/C12H26O3/c1-10(15-9-12(5,6)13)7-14-8-11(2,3)4/h10,13H,7-9H2,1-6H3. The molecule has 0 heterocycles. The molecule has 0 saturated carbocycles. The predicted molar refractivity (Wildman–Crippen MR) is 62.0 cm³/mol. The maximum atomic E-state index is 9.46. The lowest BCUT2D eigenvalue weighted by Gasteiger charge is -2.23. The zero-order valence-electron chi connectivity index (χ0n) is 11.0. The van der Waals surface area contributed by atoms with Gasteiger partial charge in [0, 0.05) is 0 Å². The summed E-state index contributed by atoms with van der Waals surface area (Å²) in [6, 6.07) is 0. The molecule has 3 nitrogen and oxygen atoms in total. The molecule has 0 aliphatic rings. The Morgan fingerprint density at radius 1 is 1.07 bits per heavy atom. The molecule has 0 bridgehead atoms. The van der Waals surface area contributed by atoms with Gasteiger partial charge in [-0.1, -0.05) is 20.8 Å². The second-order valence-corrected chi connectivity index (χ2v) is 6.01. The van der Waals surface area contributed by atoms with E-state index in [1.807, 2.05) is 6.92 Å². The van der Waals surface area contributed by atoms with Crippen molar-refractivity contribution in [3.05, 3.63) is 0 Å². The van der Waals surface area contributed by atoms with Gasteiger partial charge in [0.25, 0.3) is 0 Å². The Kier molecular flexibility index (Phi) is 5.78. The van der Waals surface area contributed by atoms with E-state index in [0.717, 1.165) is 6.61 Å². The van der Waals surface area contributed by atoms with Crippen LogP contribution in [0.3, 0.4) is 0 Å². The Labute approximate surface area is 93.8 Å². The average Bonchev–Trinajstić information content (AvgIpc) is 1.97. The molecule has 15 heavy (non-hydrogen) atoms. The van der Waals surface area contributed by atoms with Gasteiger partial charge >= 0.3 is 0 Å². The highest BCUT2D eigenvalue weighted by Gasteiger charge is 2.16. The molecule has 1 N–H and O–H groups in total. The first-order valence-electron chi connectivity index (χ1n) is 5.52. The van der Waals surface area contributed by atoms with Gasteiger partial charge in [-0.25, -0.2) is 0 Å². The first-order valence-corrected chi connectivity index (χ1v) is 5.52. The summed E-state index contributed by atoms with van der Waals surface area (Å²) in [6.45, 7) is 13.5. The fourth-order valence-corrected chi connectivity index (χ4v) is 0.925. The largest absolute Gasteiger partial charge is 0.388 e. The van der Waals surface area contributed by atoms with Crippen LogP contribution >= 0.6 is 0 Å². The van der Waals surface area contributed by atoms with Gasteiger partial charge in [-0.2, -0.15) is 0 Å². The van der Waals surface area contributed by atoms with Crippen molar-refractivity contribution < 1.29 is 14.6 Å². The average molecular weight is 218 g/mol. The Morgan fingerprint density at radius 2 is 1.60 bits per heavy atom. The van der Waals surface area contributed by atoms with E-state index in [-0.39, 0.29) is 11.5 Å². The molecule has 92 valence electrons. The van der Waals surface area contributed by atoms with Gasteiger partial charge in [-0.05, 0) is 26.2 Å². The minimum Gasteiger partial charge on any atom is -0.388 e. The van der Waals surface area contributed by atoms with E-state index in [1.165, 1.54) is 0 Å². The first-order chi connectivity index (χ1) is 6.60. The van der Waals surface area contributed by atoms with Crippen molar-refractivity contribution in [3.63, 3.8) is 0 Å². The van der Waals surface area contributed by atoms with Gasteiger partial charge in [0.1, 0.15) is 0 Å². The summed E-state index contributed by atoms with van der Waals surface area (Å²) in [7, 11) is 0.